The fourth-order valence-electron chi connectivity index (χ4n) is 3.14. The molecule has 1 aliphatic rings. The number of carbonyl (C=O) groups excluding carboxylic acids is 2. The summed E-state index contributed by atoms with van der Waals surface area (Å²) >= 11 is 1.53. The fraction of sp³-hybridized carbons (Fsp3) is 0.579. The highest BCUT2D eigenvalue weighted by molar-refractivity contribution is 7.10. The highest BCUT2D eigenvalue weighted by atomic mass is 32.1. The SMILES string of the molecule is Cc1ccsc1C1C(C(=O)CC(C)C)=C(O)C(=O)N1CCCN(C)C. The summed E-state index contributed by atoms with van der Waals surface area (Å²) in [5.74, 6) is -0.749. The second-order valence-corrected chi connectivity index (χ2v) is 8.26. The summed E-state index contributed by atoms with van der Waals surface area (Å²) in [6.45, 7) is 7.27. The molecule has 2 rings (SSSR count). The van der Waals surface area contributed by atoms with Gasteiger partial charge in [-0.25, -0.2) is 0 Å². The van der Waals surface area contributed by atoms with Crippen LogP contribution >= 0.6 is 11.3 Å². The standard InChI is InChI=1S/C19H28N2O3S/c1-12(2)11-14(22)15-16(18-13(3)7-10-25-18)21(19(24)17(15)23)9-6-8-20(4)5/h7,10,12,16,23H,6,8-9,11H2,1-5H3. The third-order valence-electron chi connectivity index (χ3n) is 4.35. The normalized spacial score (nSPS) is 18.1. The van der Waals surface area contributed by atoms with Crippen LogP contribution in [0.1, 0.15) is 43.2 Å². The Hall–Kier alpha value is -1.66. The number of aryl methyl sites for hydroxylation is 1. The van der Waals surface area contributed by atoms with E-state index in [4.69, 9.17) is 0 Å². The van der Waals surface area contributed by atoms with Crippen LogP contribution in [0, 0.1) is 12.8 Å². The van der Waals surface area contributed by atoms with Gasteiger partial charge in [-0.05, 0) is 56.9 Å². The maximum atomic E-state index is 12.8. The summed E-state index contributed by atoms with van der Waals surface area (Å²) in [7, 11) is 3.97. The van der Waals surface area contributed by atoms with Gasteiger partial charge in [0.25, 0.3) is 5.91 Å². The van der Waals surface area contributed by atoms with Gasteiger partial charge in [-0.1, -0.05) is 13.8 Å². The molecule has 0 aliphatic carbocycles. The lowest BCUT2D eigenvalue weighted by Crippen LogP contribution is -2.33. The molecule has 1 aromatic rings. The van der Waals surface area contributed by atoms with E-state index in [-0.39, 0.29) is 23.0 Å². The van der Waals surface area contributed by atoms with Crippen LogP contribution in [0.25, 0.3) is 0 Å². The van der Waals surface area contributed by atoms with Crippen molar-refractivity contribution in [1.82, 2.24) is 9.80 Å². The lowest BCUT2D eigenvalue weighted by Gasteiger charge is -2.27. The van der Waals surface area contributed by atoms with Gasteiger partial charge in [-0.3, -0.25) is 9.59 Å². The molecule has 1 atom stereocenters. The number of rotatable bonds is 8. The largest absolute Gasteiger partial charge is 0.503 e. The number of aliphatic hydroxyl groups excluding tert-OH is 1. The third kappa shape index (κ3) is 4.30. The van der Waals surface area contributed by atoms with Crippen LogP contribution in [0.15, 0.2) is 22.8 Å². The summed E-state index contributed by atoms with van der Waals surface area (Å²) < 4.78 is 0. The topological polar surface area (TPSA) is 60.9 Å². The first kappa shape index (κ1) is 19.7. The van der Waals surface area contributed by atoms with Crippen molar-refractivity contribution in [1.29, 1.82) is 0 Å². The second kappa shape index (κ2) is 8.15. The van der Waals surface area contributed by atoms with Crippen molar-refractivity contribution in [3.05, 3.63) is 33.2 Å². The van der Waals surface area contributed by atoms with Crippen molar-refractivity contribution in [2.45, 2.75) is 39.7 Å². The minimum atomic E-state index is -0.457. The molecule has 0 fully saturated rings. The second-order valence-electron chi connectivity index (χ2n) is 7.31. The van der Waals surface area contributed by atoms with E-state index in [0.29, 0.717) is 13.0 Å². The Morgan fingerprint density at radius 3 is 2.60 bits per heavy atom. The number of hydrogen-bond acceptors (Lipinski definition) is 5. The number of Topliss-reactive ketones (excluding diaryl/α,β-unsaturated/α-hetero) is 1. The summed E-state index contributed by atoms with van der Waals surface area (Å²) in [4.78, 5) is 30.1. The molecule has 0 aromatic carbocycles. The molecule has 2 heterocycles. The van der Waals surface area contributed by atoms with Gasteiger partial charge < -0.3 is 14.9 Å². The molecule has 0 saturated heterocycles. The quantitative estimate of drug-likeness (QED) is 0.769. The van der Waals surface area contributed by atoms with Crippen LogP contribution in [0.2, 0.25) is 0 Å². The molecule has 6 heteroatoms. The summed E-state index contributed by atoms with van der Waals surface area (Å²) in [6, 6.07) is 1.53. The maximum Gasteiger partial charge on any atom is 0.290 e. The molecule has 1 amide bonds. The van der Waals surface area contributed by atoms with Crippen LogP contribution in [0.4, 0.5) is 0 Å². The molecule has 1 unspecified atom stereocenters. The molecule has 0 spiro atoms. The van der Waals surface area contributed by atoms with Gasteiger partial charge in [0.2, 0.25) is 0 Å². The number of thiophene rings is 1. The third-order valence-corrected chi connectivity index (χ3v) is 5.42. The molecular weight excluding hydrogens is 336 g/mol. The Morgan fingerprint density at radius 1 is 1.40 bits per heavy atom. The number of nitrogens with zero attached hydrogens (tertiary/aromatic N) is 2. The zero-order chi connectivity index (χ0) is 18.7. The van der Waals surface area contributed by atoms with Gasteiger partial charge >= 0.3 is 0 Å². The highest BCUT2D eigenvalue weighted by Gasteiger charge is 2.44. The predicted molar refractivity (Wildman–Crippen MR) is 101 cm³/mol. The van der Waals surface area contributed by atoms with Gasteiger partial charge in [-0.15, -0.1) is 11.3 Å². The molecule has 1 N–H and O–H groups in total. The maximum absolute atomic E-state index is 12.8. The van der Waals surface area contributed by atoms with Crippen molar-refractivity contribution < 1.29 is 14.7 Å². The van der Waals surface area contributed by atoms with Gasteiger partial charge in [0.15, 0.2) is 11.5 Å². The number of ketones is 1. The van der Waals surface area contributed by atoms with E-state index in [0.717, 1.165) is 23.4 Å². The first-order valence-electron chi connectivity index (χ1n) is 8.70. The summed E-state index contributed by atoms with van der Waals surface area (Å²) in [6.07, 6.45) is 1.12. The van der Waals surface area contributed by atoms with Crippen LogP contribution < -0.4 is 0 Å². The fourth-order valence-corrected chi connectivity index (χ4v) is 4.19. The Bertz CT molecular complexity index is 676. The van der Waals surface area contributed by atoms with Gasteiger partial charge in [0.05, 0.1) is 11.6 Å². The Kier molecular flexibility index (Phi) is 6.41. The lowest BCUT2D eigenvalue weighted by molar-refractivity contribution is -0.129. The van der Waals surface area contributed by atoms with Crippen molar-refractivity contribution in [2.24, 2.45) is 5.92 Å². The van der Waals surface area contributed by atoms with E-state index in [1.807, 2.05) is 46.3 Å². The molecule has 1 aliphatic heterocycles. The average Bonchev–Trinajstić information content (AvgIpc) is 3.02. The molecule has 0 bridgehead atoms. The molecule has 138 valence electrons. The molecule has 0 saturated carbocycles. The first-order valence-corrected chi connectivity index (χ1v) is 9.58. The molecule has 1 aromatic heterocycles. The minimum absolute atomic E-state index is 0.131. The zero-order valence-electron chi connectivity index (χ0n) is 15.7. The molecule has 25 heavy (non-hydrogen) atoms. The van der Waals surface area contributed by atoms with Gasteiger partial charge in [0, 0.05) is 17.8 Å². The molecule has 0 radical (unpaired) electrons. The predicted octanol–water partition coefficient (Wildman–Crippen LogP) is 3.32. The lowest BCUT2D eigenvalue weighted by atomic mass is 9.94. The Morgan fingerprint density at radius 2 is 2.08 bits per heavy atom. The number of hydrogen-bond donors (Lipinski definition) is 1. The van der Waals surface area contributed by atoms with Crippen molar-refractivity contribution in [3.8, 4) is 0 Å². The molecule has 5 nitrogen and oxygen atoms in total. The smallest absolute Gasteiger partial charge is 0.290 e. The zero-order valence-corrected chi connectivity index (χ0v) is 16.5. The van der Waals surface area contributed by atoms with E-state index < -0.39 is 11.9 Å². The van der Waals surface area contributed by atoms with E-state index in [2.05, 4.69) is 4.90 Å². The van der Waals surface area contributed by atoms with E-state index >= 15 is 0 Å². The number of amides is 1. The van der Waals surface area contributed by atoms with E-state index in [1.165, 1.54) is 11.3 Å². The number of aliphatic hydroxyl groups is 1. The average molecular weight is 365 g/mol. The summed E-state index contributed by atoms with van der Waals surface area (Å²) in [5.41, 5.74) is 1.32. The highest BCUT2D eigenvalue weighted by Crippen LogP contribution is 2.41. The van der Waals surface area contributed by atoms with Crippen molar-refractivity contribution in [2.75, 3.05) is 27.2 Å². The van der Waals surface area contributed by atoms with Crippen molar-refractivity contribution >= 4 is 23.0 Å². The van der Waals surface area contributed by atoms with Crippen LogP contribution in [0.5, 0.6) is 0 Å². The monoisotopic (exact) mass is 364 g/mol. The van der Waals surface area contributed by atoms with Crippen molar-refractivity contribution in [3.63, 3.8) is 0 Å². The van der Waals surface area contributed by atoms with E-state index in [1.54, 1.807) is 4.90 Å². The van der Waals surface area contributed by atoms with Gasteiger partial charge in [-0.2, -0.15) is 0 Å². The summed E-state index contributed by atoms with van der Waals surface area (Å²) in [5, 5.41) is 12.4. The minimum Gasteiger partial charge on any atom is -0.503 e. The molecular formula is C19H28N2O3S. The van der Waals surface area contributed by atoms with Crippen LogP contribution in [-0.2, 0) is 9.59 Å². The first-order chi connectivity index (χ1) is 11.7. The Labute approximate surface area is 153 Å². The van der Waals surface area contributed by atoms with Gasteiger partial charge in [0.1, 0.15) is 0 Å². The number of carbonyl (C=O) groups is 2. The van der Waals surface area contributed by atoms with Crippen LogP contribution in [0.3, 0.4) is 0 Å². The van der Waals surface area contributed by atoms with Crippen LogP contribution in [-0.4, -0.2) is 53.8 Å². The Balaban J connectivity index is 2.37. The van der Waals surface area contributed by atoms with E-state index in [9.17, 15) is 14.7 Å².